The molecule has 2 aromatic rings. The number of hydrogen-bond donors (Lipinski definition) is 1. The number of aryl methyl sites for hydroxylation is 2. The number of benzene rings is 1. The molecule has 96 valence electrons. The first kappa shape index (κ1) is 13.0. The Kier molecular flexibility index (Phi) is 3.76. The summed E-state index contributed by atoms with van der Waals surface area (Å²) in [5.74, 6) is 0.490. The van der Waals surface area contributed by atoms with Gasteiger partial charge in [0.1, 0.15) is 11.8 Å². The van der Waals surface area contributed by atoms with Crippen LogP contribution in [0.3, 0.4) is 0 Å². The number of nitriles is 1. The molecule has 0 radical (unpaired) electrons. The fraction of sp³-hybridized carbons (Fsp3) is 0.267. The molecule has 0 aliphatic carbocycles. The minimum Gasteiger partial charge on any atom is -0.348 e. The van der Waals surface area contributed by atoms with Gasteiger partial charge in [-0.1, -0.05) is 29.8 Å². The maximum absolute atomic E-state index is 8.90. The Morgan fingerprint density at radius 2 is 1.84 bits per heavy atom. The van der Waals surface area contributed by atoms with Crippen molar-refractivity contribution in [3.8, 4) is 6.07 Å². The number of anilines is 1. The standard InChI is InChI=1S/C15H16N4/c1-10-4-6-13(7-5-10)12(3)18-15-17-11(2)8-14(9-16)19-15/h4-8,12H,1-3H3,(H,17,18,19). The van der Waals surface area contributed by atoms with Crippen LogP contribution in [0.2, 0.25) is 0 Å². The molecular formula is C15H16N4. The number of nitrogens with zero attached hydrogens (tertiary/aromatic N) is 3. The molecule has 1 heterocycles. The van der Waals surface area contributed by atoms with E-state index >= 15 is 0 Å². The molecule has 0 aliphatic heterocycles. The quantitative estimate of drug-likeness (QED) is 0.911. The van der Waals surface area contributed by atoms with Crippen molar-refractivity contribution in [3.63, 3.8) is 0 Å². The van der Waals surface area contributed by atoms with Crippen molar-refractivity contribution in [1.29, 1.82) is 5.26 Å². The van der Waals surface area contributed by atoms with E-state index in [2.05, 4.69) is 46.5 Å². The highest BCUT2D eigenvalue weighted by Crippen LogP contribution is 2.17. The van der Waals surface area contributed by atoms with Crippen LogP contribution in [0.15, 0.2) is 30.3 Å². The summed E-state index contributed by atoms with van der Waals surface area (Å²) in [4.78, 5) is 8.44. The van der Waals surface area contributed by atoms with E-state index in [0.717, 1.165) is 11.3 Å². The predicted octanol–water partition coefficient (Wildman–Crippen LogP) is 3.14. The van der Waals surface area contributed by atoms with E-state index in [-0.39, 0.29) is 6.04 Å². The molecule has 0 fully saturated rings. The molecular weight excluding hydrogens is 236 g/mol. The number of aromatic nitrogens is 2. The molecule has 1 aromatic carbocycles. The van der Waals surface area contributed by atoms with E-state index in [9.17, 15) is 0 Å². The van der Waals surface area contributed by atoms with Crippen molar-refractivity contribution >= 4 is 5.95 Å². The van der Waals surface area contributed by atoms with Crippen LogP contribution in [0.1, 0.15) is 35.5 Å². The summed E-state index contributed by atoms with van der Waals surface area (Å²) in [6.07, 6.45) is 0. The van der Waals surface area contributed by atoms with Gasteiger partial charge < -0.3 is 5.32 Å². The number of rotatable bonds is 3. The van der Waals surface area contributed by atoms with Crippen molar-refractivity contribution in [3.05, 3.63) is 52.8 Å². The average Bonchev–Trinajstić information content (AvgIpc) is 2.38. The molecule has 0 saturated carbocycles. The summed E-state index contributed by atoms with van der Waals surface area (Å²) in [5.41, 5.74) is 3.56. The molecule has 0 aliphatic rings. The lowest BCUT2D eigenvalue weighted by Crippen LogP contribution is -2.10. The third kappa shape index (κ3) is 3.29. The first-order chi connectivity index (χ1) is 9.08. The van der Waals surface area contributed by atoms with Crippen molar-refractivity contribution in [2.75, 3.05) is 5.32 Å². The lowest BCUT2D eigenvalue weighted by molar-refractivity contribution is 0.855. The van der Waals surface area contributed by atoms with Crippen molar-refractivity contribution < 1.29 is 0 Å². The molecule has 0 saturated heterocycles. The van der Waals surface area contributed by atoms with Crippen LogP contribution < -0.4 is 5.32 Å². The van der Waals surface area contributed by atoms with Crippen LogP contribution in [0.5, 0.6) is 0 Å². The molecule has 0 spiro atoms. The van der Waals surface area contributed by atoms with Gasteiger partial charge in [0.25, 0.3) is 0 Å². The fourth-order valence-electron chi connectivity index (χ4n) is 1.82. The number of nitrogens with one attached hydrogen (secondary N) is 1. The Balaban J connectivity index is 2.19. The SMILES string of the molecule is Cc1ccc(C(C)Nc2nc(C)cc(C#N)n2)cc1. The highest BCUT2D eigenvalue weighted by Gasteiger charge is 2.08. The molecule has 1 unspecified atom stereocenters. The maximum atomic E-state index is 8.90. The Morgan fingerprint density at radius 3 is 2.47 bits per heavy atom. The van der Waals surface area contributed by atoms with E-state index in [0.29, 0.717) is 11.6 Å². The molecule has 4 nitrogen and oxygen atoms in total. The van der Waals surface area contributed by atoms with Crippen molar-refractivity contribution in [2.45, 2.75) is 26.8 Å². The molecule has 0 bridgehead atoms. The summed E-state index contributed by atoms with van der Waals surface area (Å²) in [7, 11) is 0. The second-order valence-corrected chi connectivity index (χ2v) is 4.61. The van der Waals surface area contributed by atoms with Gasteiger partial charge in [0, 0.05) is 5.69 Å². The van der Waals surface area contributed by atoms with Crippen LogP contribution in [-0.4, -0.2) is 9.97 Å². The van der Waals surface area contributed by atoms with Crippen LogP contribution in [0, 0.1) is 25.2 Å². The van der Waals surface area contributed by atoms with E-state index < -0.39 is 0 Å². The molecule has 0 amide bonds. The largest absolute Gasteiger partial charge is 0.348 e. The summed E-state index contributed by atoms with van der Waals surface area (Å²) >= 11 is 0. The van der Waals surface area contributed by atoms with Crippen molar-refractivity contribution in [2.24, 2.45) is 0 Å². The van der Waals surface area contributed by atoms with Crippen LogP contribution in [0.25, 0.3) is 0 Å². The van der Waals surface area contributed by atoms with Gasteiger partial charge in [-0.15, -0.1) is 0 Å². The zero-order chi connectivity index (χ0) is 13.8. The topological polar surface area (TPSA) is 61.6 Å². The van der Waals surface area contributed by atoms with Gasteiger partial charge in [-0.25, -0.2) is 9.97 Å². The zero-order valence-electron chi connectivity index (χ0n) is 11.3. The first-order valence-electron chi connectivity index (χ1n) is 6.17. The van der Waals surface area contributed by atoms with Crippen LogP contribution >= 0.6 is 0 Å². The van der Waals surface area contributed by atoms with E-state index in [1.807, 2.05) is 19.9 Å². The maximum Gasteiger partial charge on any atom is 0.224 e. The summed E-state index contributed by atoms with van der Waals surface area (Å²) in [5, 5.41) is 12.1. The van der Waals surface area contributed by atoms with E-state index in [1.165, 1.54) is 5.56 Å². The minimum absolute atomic E-state index is 0.0916. The fourth-order valence-corrected chi connectivity index (χ4v) is 1.82. The summed E-state index contributed by atoms with van der Waals surface area (Å²) in [6, 6.07) is 12.1. The molecule has 1 atom stereocenters. The van der Waals surface area contributed by atoms with Gasteiger partial charge in [0.2, 0.25) is 5.95 Å². The zero-order valence-corrected chi connectivity index (χ0v) is 11.3. The van der Waals surface area contributed by atoms with E-state index in [1.54, 1.807) is 6.07 Å². The van der Waals surface area contributed by atoms with Gasteiger partial charge in [-0.05, 0) is 32.4 Å². The highest BCUT2D eigenvalue weighted by molar-refractivity contribution is 5.36. The summed E-state index contributed by atoms with van der Waals surface area (Å²) in [6.45, 7) is 5.96. The normalized spacial score (nSPS) is 11.7. The minimum atomic E-state index is 0.0916. The van der Waals surface area contributed by atoms with Gasteiger partial charge >= 0.3 is 0 Å². The molecule has 1 aromatic heterocycles. The molecule has 2 rings (SSSR count). The third-order valence-corrected chi connectivity index (χ3v) is 2.89. The van der Waals surface area contributed by atoms with Gasteiger partial charge in [-0.3, -0.25) is 0 Å². The molecule has 4 heteroatoms. The predicted molar refractivity (Wildman–Crippen MR) is 74.7 cm³/mol. The van der Waals surface area contributed by atoms with E-state index in [4.69, 9.17) is 5.26 Å². The monoisotopic (exact) mass is 252 g/mol. The smallest absolute Gasteiger partial charge is 0.224 e. The van der Waals surface area contributed by atoms with Crippen LogP contribution in [-0.2, 0) is 0 Å². The first-order valence-corrected chi connectivity index (χ1v) is 6.17. The lowest BCUT2D eigenvalue weighted by Gasteiger charge is -2.14. The highest BCUT2D eigenvalue weighted by atomic mass is 15.1. The second kappa shape index (κ2) is 5.49. The van der Waals surface area contributed by atoms with Crippen molar-refractivity contribution in [1.82, 2.24) is 9.97 Å². The Labute approximate surface area is 113 Å². The van der Waals surface area contributed by atoms with Gasteiger partial charge in [0.05, 0.1) is 6.04 Å². The molecule has 1 N–H and O–H groups in total. The van der Waals surface area contributed by atoms with Gasteiger partial charge in [0.15, 0.2) is 0 Å². The number of hydrogen-bond acceptors (Lipinski definition) is 4. The summed E-state index contributed by atoms with van der Waals surface area (Å²) < 4.78 is 0. The Hall–Kier alpha value is -2.41. The average molecular weight is 252 g/mol. The van der Waals surface area contributed by atoms with Crippen LogP contribution in [0.4, 0.5) is 5.95 Å². The Bertz CT molecular complexity index is 611. The second-order valence-electron chi connectivity index (χ2n) is 4.61. The molecule has 19 heavy (non-hydrogen) atoms. The van der Waals surface area contributed by atoms with Gasteiger partial charge in [-0.2, -0.15) is 5.26 Å². The third-order valence-electron chi connectivity index (χ3n) is 2.89. The lowest BCUT2D eigenvalue weighted by atomic mass is 10.1. The Morgan fingerprint density at radius 1 is 1.16 bits per heavy atom.